The molecule has 2 unspecified atom stereocenters. The Balaban J connectivity index is 1.66. The molecule has 0 aromatic carbocycles. The molecule has 1 aromatic heterocycles. The molecule has 2 atom stereocenters. The van der Waals surface area contributed by atoms with E-state index in [1.807, 2.05) is 0 Å². The van der Waals surface area contributed by atoms with Crippen LogP contribution in [0.4, 0.5) is 5.82 Å². The molecule has 3 N–H and O–H groups in total. The van der Waals surface area contributed by atoms with E-state index in [0.29, 0.717) is 18.0 Å². The lowest BCUT2D eigenvalue weighted by Crippen LogP contribution is -2.52. The normalized spacial score (nSPS) is 27.8. The third-order valence-electron chi connectivity index (χ3n) is 4.07. The summed E-state index contributed by atoms with van der Waals surface area (Å²) in [6.45, 7) is 2.67. The molecule has 0 amide bonds. The Morgan fingerprint density at radius 1 is 1.32 bits per heavy atom. The maximum absolute atomic E-state index is 5.88. The summed E-state index contributed by atoms with van der Waals surface area (Å²) in [5.41, 5.74) is 3.49. The summed E-state index contributed by atoms with van der Waals surface area (Å²) < 4.78 is 5.88. The summed E-state index contributed by atoms with van der Waals surface area (Å²) >= 11 is 0. The third kappa shape index (κ3) is 2.86. The van der Waals surface area contributed by atoms with Crippen LogP contribution in [-0.2, 0) is 11.3 Å². The Morgan fingerprint density at radius 2 is 2.21 bits per heavy atom. The molecule has 1 aromatic rings. The van der Waals surface area contributed by atoms with Crippen molar-refractivity contribution in [3.8, 4) is 0 Å². The molecule has 2 fully saturated rings. The second kappa shape index (κ2) is 5.81. The number of nitrogens with one attached hydrogen (secondary N) is 1. The molecule has 2 aliphatic rings. The van der Waals surface area contributed by atoms with Gasteiger partial charge in [-0.1, -0.05) is 12.8 Å². The molecule has 0 spiro atoms. The lowest BCUT2D eigenvalue weighted by molar-refractivity contribution is -0.0914. The zero-order valence-corrected chi connectivity index (χ0v) is 11.1. The van der Waals surface area contributed by atoms with Crippen LogP contribution in [0.2, 0.25) is 0 Å². The molecule has 6 heteroatoms. The zero-order chi connectivity index (χ0) is 13.1. The van der Waals surface area contributed by atoms with Gasteiger partial charge < -0.3 is 10.2 Å². The van der Waals surface area contributed by atoms with E-state index in [2.05, 4.69) is 20.3 Å². The van der Waals surface area contributed by atoms with Crippen LogP contribution >= 0.6 is 0 Å². The maximum Gasteiger partial charge on any atom is 0.158 e. The van der Waals surface area contributed by atoms with Gasteiger partial charge in [-0.3, -0.25) is 9.88 Å². The van der Waals surface area contributed by atoms with Crippen molar-refractivity contribution in [2.75, 3.05) is 18.6 Å². The van der Waals surface area contributed by atoms with Crippen molar-refractivity contribution < 1.29 is 4.74 Å². The number of nitrogen functional groups attached to an aromatic ring is 1. The van der Waals surface area contributed by atoms with Gasteiger partial charge in [-0.15, -0.1) is 0 Å². The molecule has 1 saturated heterocycles. The highest BCUT2D eigenvalue weighted by Gasteiger charge is 2.34. The standard InChI is InChI=1S/C13H21N5O/c14-17-13-8-15-10(7-16-13)9-18-5-6-19-12-4-2-1-3-11(12)18/h7-8,11-12H,1-6,9,14H2,(H,16,17). The van der Waals surface area contributed by atoms with Crippen molar-refractivity contribution in [1.29, 1.82) is 0 Å². The number of hydrazine groups is 1. The van der Waals surface area contributed by atoms with Gasteiger partial charge in [0.2, 0.25) is 0 Å². The lowest BCUT2D eigenvalue weighted by Gasteiger charge is -2.43. The van der Waals surface area contributed by atoms with Gasteiger partial charge in [-0.2, -0.15) is 0 Å². The molecule has 1 saturated carbocycles. The van der Waals surface area contributed by atoms with Gasteiger partial charge >= 0.3 is 0 Å². The predicted octanol–water partition coefficient (Wildman–Crippen LogP) is 0.906. The average Bonchev–Trinajstić information content (AvgIpc) is 2.48. The fraction of sp³-hybridized carbons (Fsp3) is 0.692. The number of nitrogens with zero attached hydrogens (tertiary/aromatic N) is 3. The minimum absolute atomic E-state index is 0.417. The van der Waals surface area contributed by atoms with E-state index in [9.17, 15) is 0 Å². The molecular weight excluding hydrogens is 242 g/mol. The number of morpholine rings is 1. The van der Waals surface area contributed by atoms with Gasteiger partial charge in [-0.05, 0) is 12.8 Å². The third-order valence-corrected chi connectivity index (χ3v) is 4.07. The monoisotopic (exact) mass is 263 g/mol. The van der Waals surface area contributed by atoms with E-state index < -0.39 is 0 Å². The van der Waals surface area contributed by atoms with Gasteiger partial charge in [0, 0.05) is 19.1 Å². The topological polar surface area (TPSA) is 76.3 Å². The zero-order valence-electron chi connectivity index (χ0n) is 11.1. The van der Waals surface area contributed by atoms with Gasteiger partial charge in [0.1, 0.15) is 0 Å². The van der Waals surface area contributed by atoms with Crippen LogP contribution in [0.15, 0.2) is 12.4 Å². The number of fused-ring (bicyclic) bond motifs is 1. The molecular formula is C13H21N5O. The van der Waals surface area contributed by atoms with Gasteiger partial charge in [0.05, 0.1) is 30.8 Å². The largest absolute Gasteiger partial charge is 0.375 e. The number of hydrogen-bond acceptors (Lipinski definition) is 6. The molecule has 2 heterocycles. The fourth-order valence-electron chi connectivity index (χ4n) is 3.09. The highest BCUT2D eigenvalue weighted by molar-refractivity contribution is 5.28. The van der Waals surface area contributed by atoms with Crippen molar-refractivity contribution in [2.24, 2.45) is 5.84 Å². The van der Waals surface area contributed by atoms with Crippen LogP contribution < -0.4 is 11.3 Å². The first kappa shape index (κ1) is 12.8. The minimum atomic E-state index is 0.417. The molecule has 1 aliphatic heterocycles. The van der Waals surface area contributed by atoms with Gasteiger partial charge in [0.15, 0.2) is 5.82 Å². The SMILES string of the molecule is NNc1cnc(CN2CCOC3CCCCC32)cn1. The second-order valence-corrected chi connectivity index (χ2v) is 5.27. The summed E-state index contributed by atoms with van der Waals surface area (Å²) in [5.74, 6) is 5.89. The van der Waals surface area contributed by atoms with Crippen molar-refractivity contribution in [1.82, 2.24) is 14.9 Å². The molecule has 0 bridgehead atoms. The lowest BCUT2D eigenvalue weighted by atomic mass is 9.90. The van der Waals surface area contributed by atoms with E-state index >= 15 is 0 Å². The molecule has 1 aliphatic carbocycles. The molecule has 3 rings (SSSR count). The van der Waals surface area contributed by atoms with E-state index in [-0.39, 0.29) is 0 Å². The van der Waals surface area contributed by atoms with Crippen LogP contribution in [-0.4, -0.2) is 40.2 Å². The Hall–Kier alpha value is -1.24. The Labute approximate surface area is 113 Å². The number of hydrogen-bond donors (Lipinski definition) is 2. The van der Waals surface area contributed by atoms with Crippen LogP contribution in [0.1, 0.15) is 31.4 Å². The van der Waals surface area contributed by atoms with Crippen LogP contribution in [0.3, 0.4) is 0 Å². The van der Waals surface area contributed by atoms with Gasteiger partial charge in [0.25, 0.3) is 0 Å². The first-order valence-corrected chi connectivity index (χ1v) is 7.00. The second-order valence-electron chi connectivity index (χ2n) is 5.27. The number of nitrogens with two attached hydrogens (primary N) is 1. The first-order chi connectivity index (χ1) is 9.36. The highest BCUT2D eigenvalue weighted by Crippen LogP contribution is 2.29. The van der Waals surface area contributed by atoms with Crippen LogP contribution in [0, 0.1) is 0 Å². The average molecular weight is 263 g/mol. The Bertz CT molecular complexity index is 408. The predicted molar refractivity (Wildman–Crippen MR) is 72.2 cm³/mol. The number of ether oxygens (including phenoxy) is 1. The molecule has 19 heavy (non-hydrogen) atoms. The summed E-state index contributed by atoms with van der Waals surface area (Å²) in [6, 6.07) is 0.552. The maximum atomic E-state index is 5.88. The van der Waals surface area contributed by atoms with Crippen LogP contribution in [0.5, 0.6) is 0 Å². The Kier molecular flexibility index (Phi) is 3.91. The van der Waals surface area contributed by atoms with E-state index in [1.165, 1.54) is 25.7 Å². The van der Waals surface area contributed by atoms with Crippen molar-refractivity contribution >= 4 is 5.82 Å². The van der Waals surface area contributed by atoms with Crippen molar-refractivity contribution in [2.45, 2.75) is 44.4 Å². The molecule has 104 valence electrons. The molecule has 0 radical (unpaired) electrons. The van der Waals surface area contributed by atoms with E-state index in [0.717, 1.165) is 25.4 Å². The van der Waals surface area contributed by atoms with E-state index in [4.69, 9.17) is 10.6 Å². The van der Waals surface area contributed by atoms with Crippen molar-refractivity contribution in [3.63, 3.8) is 0 Å². The van der Waals surface area contributed by atoms with Crippen LogP contribution in [0.25, 0.3) is 0 Å². The number of rotatable bonds is 3. The van der Waals surface area contributed by atoms with Crippen molar-refractivity contribution in [3.05, 3.63) is 18.1 Å². The summed E-state index contributed by atoms with van der Waals surface area (Å²) in [5, 5.41) is 0. The number of aromatic nitrogens is 2. The highest BCUT2D eigenvalue weighted by atomic mass is 16.5. The van der Waals surface area contributed by atoms with E-state index in [1.54, 1.807) is 12.4 Å². The quantitative estimate of drug-likeness (QED) is 0.623. The molecule has 6 nitrogen and oxygen atoms in total. The first-order valence-electron chi connectivity index (χ1n) is 7.00. The fourth-order valence-corrected chi connectivity index (χ4v) is 3.09. The van der Waals surface area contributed by atoms with Gasteiger partial charge in [-0.25, -0.2) is 10.8 Å². The summed E-state index contributed by atoms with van der Waals surface area (Å²) in [7, 11) is 0. The minimum Gasteiger partial charge on any atom is -0.375 e. The summed E-state index contributed by atoms with van der Waals surface area (Å²) in [4.78, 5) is 11.1. The Morgan fingerprint density at radius 3 is 3.00 bits per heavy atom. The number of anilines is 1. The summed E-state index contributed by atoms with van der Waals surface area (Å²) in [6.07, 6.45) is 8.93. The smallest absolute Gasteiger partial charge is 0.158 e.